The maximum Gasteiger partial charge on any atom is 0.232 e. The quantitative estimate of drug-likeness (QED) is 0.865. The van der Waals surface area contributed by atoms with Crippen molar-refractivity contribution in [3.63, 3.8) is 0 Å². The number of anilines is 3. The molecule has 140 valence electrons. The van der Waals surface area contributed by atoms with Gasteiger partial charge in [-0.25, -0.2) is 9.37 Å². The molecule has 0 radical (unpaired) electrons. The maximum absolute atomic E-state index is 13.4. The van der Waals surface area contributed by atoms with Gasteiger partial charge >= 0.3 is 0 Å². The summed E-state index contributed by atoms with van der Waals surface area (Å²) in [6.45, 7) is 2.90. The van der Waals surface area contributed by atoms with Crippen molar-refractivity contribution in [3.8, 4) is 0 Å². The van der Waals surface area contributed by atoms with Crippen molar-refractivity contribution >= 4 is 29.0 Å². The molecule has 2 aliphatic heterocycles. The Morgan fingerprint density at radius 3 is 2.81 bits per heavy atom. The van der Waals surface area contributed by atoms with Crippen LogP contribution < -0.4 is 15.5 Å². The van der Waals surface area contributed by atoms with Gasteiger partial charge in [0, 0.05) is 25.2 Å². The minimum Gasteiger partial charge on any atom is -0.378 e. The lowest BCUT2D eigenvalue weighted by molar-refractivity contribution is -0.123. The summed E-state index contributed by atoms with van der Waals surface area (Å²) >= 11 is 0. The van der Waals surface area contributed by atoms with Gasteiger partial charge in [-0.2, -0.15) is 0 Å². The van der Waals surface area contributed by atoms with E-state index in [0.717, 1.165) is 18.9 Å². The standard InChI is InChI=1S/C19H19FN4O3/c20-12-1-3-14-15(10-18(25)23-16(14)9-12)19(26)22-13-2-4-17(21-11-13)24-5-7-27-8-6-24/h1-4,9,11,15H,5-8,10H2,(H,22,26)(H,23,25)/t15-/m0/s1. The van der Waals surface area contributed by atoms with Crippen molar-refractivity contribution < 1.29 is 18.7 Å². The normalized spacial score (nSPS) is 19.2. The summed E-state index contributed by atoms with van der Waals surface area (Å²) in [5, 5.41) is 5.41. The minimum absolute atomic E-state index is 0.0176. The van der Waals surface area contributed by atoms with Crippen LogP contribution in [0.2, 0.25) is 0 Å². The van der Waals surface area contributed by atoms with Crippen LogP contribution >= 0.6 is 0 Å². The van der Waals surface area contributed by atoms with Gasteiger partial charge in [0.25, 0.3) is 0 Å². The smallest absolute Gasteiger partial charge is 0.232 e. The molecule has 2 N–H and O–H groups in total. The maximum atomic E-state index is 13.4. The minimum atomic E-state index is -0.673. The van der Waals surface area contributed by atoms with Crippen LogP contribution in [0.25, 0.3) is 0 Å². The SMILES string of the molecule is O=C1C[C@H](C(=O)Nc2ccc(N3CCOCC3)nc2)c2ccc(F)cc2N1. The van der Waals surface area contributed by atoms with Crippen LogP contribution in [-0.4, -0.2) is 43.1 Å². The molecule has 1 fully saturated rings. The number of morpholine rings is 1. The zero-order chi connectivity index (χ0) is 18.8. The molecular weight excluding hydrogens is 351 g/mol. The second-order valence-electron chi connectivity index (χ2n) is 6.53. The molecule has 2 amide bonds. The summed E-state index contributed by atoms with van der Waals surface area (Å²) in [5.41, 5.74) is 1.49. The number of carbonyl (C=O) groups is 2. The molecule has 1 aromatic carbocycles. The highest BCUT2D eigenvalue weighted by atomic mass is 19.1. The summed E-state index contributed by atoms with van der Waals surface area (Å²) in [6.07, 6.45) is 1.61. The van der Waals surface area contributed by atoms with Crippen molar-refractivity contribution in [2.24, 2.45) is 0 Å². The zero-order valence-corrected chi connectivity index (χ0v) is 14.6. The summed E-state index contributed by atoms with van der Waals surface area (Å²) < 4.78 is 18.7. The Hall–Kier alpha value is -3.00. The van der Waals surface area contributed by atoms with Crippen LogP contribution in [-0.2, 0) is 14.3 Å². The lowest BCUT2D eigenvalue weighted by Crippen LogP contribution is -2.36. The van der Waals surface area contributed by atoms with E-state index in [1.165, 1.54) is 18.2 Å². The van der Waals surface area contributed by atoms with E-state index < -0.39 is 11.7 Å². The first-order valence-corrected chi connectivity index (χ1v) is 8.79. The van der Waals surface area contributed by atoms with Gasteiger partial charge in [0.1, 0.15) is 11.6 Å². The summed E-state index contributed by atoms with van der Waals surface area (Å²) in [4.78, 5) is 31.1. The van der Waals surface area contributed by atoms with E-state index in [2.05, 4.69) is 20.5 Å². The number of hydrogen-bond donors (Lipinski definition) is 2. The van der Waals surface area contributed by atoms with Gasteiger partial charge in [0.2, 0.25) is 11.8 Å². The summed E-state index contributed by atoms with van der Waals surface area (Å²) in [5.74, 6) is -0.937. The number of carbonyl (C=O) groups excluding carboxylic acids is 2. The lowest BCUT2D eigenvalue weighted by atomic mass is 9.89. The highest BCUT2D eigenvalue weighted by molar-refractivity contribution is 6.05. The van der Waals surface area contributed by atoms with Crippen LogP contribution in [0.15, 0.2) is 36.5 Å². The van der Waals surface area contributed by atoms with Gasteiger partial charge in [0.15, 0.2) is 0 Å². The molecule has 0 saturated carbocycles. The number of benzene rings is 1. The third-order valence-electron chi connectivity index (χ3n) is 4.72. The van der Waals surface area contributed by atoms with E-state index >= 15 is 0 Å². The van der Waals surface area contributed by atoms with Gasteiger partial charge in [-0.15, -0.1) is 0 Å². The first-order chi connectivity index (χ1) is 13.1. The number of nitrogens with zero attached hydrogens (tertiary/aromatic N) is 2. The highest BCUT2D eigenvalue weighted by Gasteiger charge is 2.31. The number of halogens is 1. The van der Waals surface area contributed by atoms with Crippen molar-refractivity contribution in [3.05, 3.63) is 47.9 Å². The fourth-order valence-corrected chi connectivity index (χ4v) is 3.34. The predicted octanol–water partition coefficient (Wildman–Crippen LogP) is 2.12. The van der Waals surface area contributed by atoms with Crippen molar-refractivity contribution in [1.82, 2.24) is 4.98 Å². The molecule has 0 aliphatic carbocycles. The van der Waals surface area contributed by atoms with Gasteiger partial charge in [-0.1, -0.05) is 6.07 Å². The number of aromatic nitrogens is 1. The lowest BCUT2D eigenvalue weighted by Gasteiger charge is -2.28. The van der Waals surface area contributed by atoms with Crippen molar-refractivity contribution in [2.45, 2.75) is 12.3 Å². The molecule has 2 aromatic rings. The molecule has 27 heavy (non-hydrogen) atoms. The fraction of sp³-hybridized carbons (Fsp3) is 0.316. The van der Waals surface area contributed by atoms with E-state index in [0.29, 0.717) is 30.2 Å². The molecule has 1 aromatic heterocycles. The predicted molar refractivity (Wildman–Crippen MR) is 98.3 cm³/mol. The topological polar surface area (TPSA) is 83.6 Å². The number of nitrogens with one attached hydrogen (secondary N) is 2. The third kappa shape index (κ3) is 3.75. The van der Waals surface area contributed by atoms with E-state index in [9.17, 15) is 14.0 Å². The van der Waals surface area contributed by atoms with Crippen LogP contribution in [0.5, 0.6) is 0 Å². The average Bonchev–Trinajstić information content (AvgIpc) is 2.68. The van der Waals surface area contributed by atoms with E-state index in [1.807, 2.05) is 6.07 Å². The molecule has 1 saturated heterocycles. The van der Waals surface area contributed by atoms with Gasteiger partial charge < -0.3 is 20.3 Å². The summed E-state index contributed by atoms with van der Waals surface area (Å²) in [6, 6.07) is 7.68. The number of rotatable bonds is 3. The second-order valence-corrected chi connectivity index (χ2v) is 6.53. The molecule has 4 rings (SSSR count). The van der Waals surface area contributed by atoms with Crippen LogP contribution in [0.3, 0.4) is 0 Å². The average molecular weight is 370 g/mol. The number of ether oxygens (including phenoxy) is 1. The Kier molecular flexibility index (Phi) is 4.72. The summed E-state index contributed by atoms with van der Waals surface area (Å²) in [7, 11) is 0. The Balaban J connectivity index is 1.48. The fourth-order valence-electron chi connectivity index (χ4n) is 3.34. The first kappa shape index (κ1) is 17.4. The Morgan fingerprint density at radius 2 is 2.07 bits per heavy atom. The molecule has 0 unspecified atom stereocenters. The van der Waals surface area contributed by atoms with Gasteiger partial charge in [-0.05, 0) is 29.8 Å². The van der Waals surface area contributed by atoms with Crippen LogP contribution in [0.4, 0.5) is 21.6 Å². The Bertz CT molecular complexity index is 866. The van der Waals surface area contributed by atoms with Crippen molar-refractivity contribution in [2.75, 3.05) is 41.8 Å². The van der Waals surface area contributed by atoms with E-state index in [-0.39, 0.29) is 18.2 Å². The van der Waals surface area contributed by atoms with Crippen LogP contribution in [0.1, 0.15) is 17.9 Å². The van der Waals surface area contributed by atoms with E-state index in [1.54, 1.807) is 12.3 Å². The second kappa shape index (κ2) is 7.32. The molecule has 3 heterocycles. The largest absolute Gasteiger partial charge is 0.378 e. The highest BCUT2D eigenvalue weighted by Crippen LogP contribution is 2.33. The molecule has 2 aliphatic rings. The third-order valence-corrected chi connectivity index (χ3v) is 4.72. The molecular formula is C19H19FN4O3. The molecule has 7 nitrogen and oxygen atoms in total. The number of amides is 2. The number of hydrogen-bond acceptors (Lipinski definition) is 5. The zero-order valence-electron chi connectivity index (χ0n) is 14.6. The molecule has 0 spiro atoms. The van der Waals surface area contributed by atoms with Crippen LogP contribution in [0, 0.1) is 5.82 Å². The van der Waals surface area contributed by atoms with Crippen molar-refractivity contribution in [1.29, 1.82) is 0 Å². The first-order valence-electron chi connectivity index (χ1n) is 8.79. The van der Waals surface area contributed by atoms with Gasteiger partial charge in [0.05, 0.1) is 31.0 Å². The monoisotopic (exact) mass is 370 g/mol. The molecule has 8 heteroatoms. The molecule has 1 atom stereocenters. The Morgan fingerprint density at radius 1 is 1.26 bits per heavy atom. The molecule has 0 bridgehead atoms. The number of pyridine rings is 1. The van der Waals surface area contributed by atoms with Gasteiger partial charge in [-0.3, -0.25) is 9.59 Å². The Labute approximate surface area is 155 Å². The van der Waals surface area contributed by atoms with E-state index in [4.69, 9.17) is 4.74 Å². The number of fused-ring (bicyclic) bond motifs is 1.